The highest BCUT2D eigenvalue weighted by atomic mass is 16.5. The van der Waals surface area contributed by atoms with E-state index in [1.54, 1.807) is 0 Å². The summed E-state index contributed by atoms with van der Waals surface area (Å²) >= 11 is 0. The first-order chi connectivity index (χ1) is 8.85. The topological polar surface area (TPSA) is 33.3 Å². The van der Waals surface area contributed by atoms with Crippen molar-refractivity contribution in [3.05, 3.63) is 18.2 Å². The molecule has 3 heteroatoms. The van der Waals surface area contributed by atoms with Gasteiger partial charge in [-0.2, -0.15) is 0 Å². The lowest BCUT2D eigenvalue weighted by Gasteiger charge is -2.29. The summed E-state index contributed by atoms with van der Waals surface area (Å²) in [5.41, 5.74) is 2.30. The Hall–Kier alpha value is -1.38. The molecule has 0 aliphatic carbocycles. The molecule has 0 bridgehead atoms. The molecule has 1 atom stereocenters. The highest BCUT2D eigenvalue weighted by Crippen LogP contribution is 2.35. The Balaban J connectivity index is 2.04. The van der Waals surface area contributed by atoms with Crippen molar-refractivity contribution in [2.75, 3.05) is 23.8 Å². The molecule has 1 unspecified atom stereocenters. The Bertz CT molecular complexity index is 379. The lowest BCUT2D eigenvalue weighted by molar-refractivity contribution is 0.318. The number of nitrogens with one attached hydrogen (secondary N) is 2. The van der Waals surface area contributed by atoms with E-state index in [0.717, 1.165) is 31.0 Å². The van der Waals surface area contributed by atoms with Crippen LogP contribution in [0.25, 0.3) is 0 Å². The smallest absolute Gasteiger partial charge is 0.144 e. The Morgan fingerprint density at radius 1 is 1.28 bits per heavy atom. The van der Waals surface area contributed by atoms with E-state index in [1.165, 1.54) is 24.9 Å². The lowest BCUT2D eigenvalue weighted by Crippen LogP contribution is -2.33. The molecule has 0 radical (unpaired) electrons. The van der Waals surface area contributed by atoms with Gasteiger partial charge in [-0.1, -0.05) is 32.8 Å². The summed E-state index contributed by atoms with van der Waals surface area (Å²) in [5.74, 6) is 0.968. The monoisotopic (exact) mass is 248 g/mol. The maximum Gasteiger partial charge on any atom is 0.144 e. The number of anilines is 2. The molecule has 2 N–H and O–H groups in total. The molecule has 1 aliphatic rings. The molecular weight excluding hydrogens is 224 g/mol. The molecule has 18 heavy (non-hydrogen) atoms. The van der Waals surface area contributed by atoms with Gasteiger partial charge in [0.2, 0.25) is 0 Å². The van der Waals surface area contributed by atoms with Crippen molar-refractivity contribution in [3.63, 3.8) is 0 Å². The van der Waals surface area contributed by atoms with Gasteiger partial charge in [0.05, 0.1) is 12.3 Å². The summed E-state index contributed by atoms with van der Waals surface area (Å²) in [6.45, 7) is 6.12. The van der Waals surface area contributed by atoms with Crippen LogP contribution in [0.5, 0.6) is 5.75 Å². The van der Waals surface area contributed by atoms with E-state index in [4.69, 9.17) is 4.74 Å². The van der Waals surface area contributed by atoms with Crippen LogP contribution in [-0.4, -0.2) is 19.2 Å². The van der Waals surface area contributed by atoms with E-state index < -0.39 is 0 Å². The van der Waals surface area contributed by atoms with Gasteiger partial charge in [0.15, 0.2) is 0 Å². The second-order valence-corrected chi connectivity index (χ2v) is 4.89. The summed E-state index contributed by atoms with van der Waals surface area (Å²) < 4.78 is 5.77. The van der Waals surface area contributed by atoms with Crippen molar-refractivity contribution in [2.45, 2.75) is 45.6 Å². The van der Waals surface area contributed by atoms with Crippen molar-refractivity contribution in [1.29, 1.82) is 0 Å². The fraction of sp³-hybridized carbons (Fsp3) is 0.600. The van der Waals surface area contributed by atoms with Gasteiger partial charge in [-0.3, -0.25) is 0 Å². The quantitative estimate of drug-likeness (QED) is 0.801. The minimum Gasteiger partial charge on any atom is -0.491 e. The first kappa shape index (κ1) is 13.1. The van der Waals surface area contributed by atoms with E-state index in [2.05, 4.69) is 36.6 Å². The molecule has 1 heterocycles. The summed E-state index contributed by atoms with van der Waals surface area (Å²) in [6, 6.07) is 6.76. The predicted molar refractivity (Wildman–Crippen MR) is 77.7 cm³/mol. The summed E-state index contributed by atoms with van der Waals surface area (Å²) in [7, 11) is 0. The summed E-state index contributed by atoms with van der Waals surface area (Å²) in [6.07, 6.45) is 4.80. The molecule has 1 aromatic carbocycles. The third-order valence-corrected chi connectivity index (χ3v) is 3.28. The summed E-state index contributed by atoms with van der Waals surface area (Å²) in [5, 5.41) is 7.12. The van der Waals surface area contributed by atoms with Gasteiger partial charge < -0.3 is 15.4 Å². The lowest BCUT2D eigenvalue weighted by atomic mass is 10.1. The second-order valence-electron chi connectivity index (χ2n) is 4.89. The Labute approximate surface area is 110 Å². The van der Waals surface area contributed by atoms with Crippen molar-refractivity contribution in [2.24, 2.45) is 0 Å². The van der Waals surface area contributed by atoms with Crippen LogP contribution in [0.1, 0.15) is 39.5 Å². The molecule has 0 amide bonds. The normalized spacial score (nSPS) is 17.6. The molecule has 0 spiro atoms. The SMILES string of the molecule is CCCCC1CNc2c(cccc2OCCC)N1. The Morgan fingerprint density at radius 3 is 2.94 bits per heavy atom. The zero-order valence-corrected chi connectivity index (χ0v) is 11.5. The van der Waals surface area contributed by atoms with E-state index in [0.29, 0.717) is 6.04 Å². The minimum atomic E-state index is 0.541. The van der Waals surface area contributed by atoms with Crippen LogP contribution in [-0.2, 0) is 0 Å². The summed E-state index contributed by atoms with van der Waals surface area (Å²) in [4.78, 5) is 0. The van der Waals surface area contributed by atoms with Gasteiger partial charge in [-0.15, -0.1) is 0 Å². The van der Waals surface area contributed by atoms with Crippen molar-refractivity contribution >= 4 is 11.4 Å². The maximum atomic E-state index is 5.77. The third-order valence-electron chi connectivity index (χ3n) is 3.28. The highest BCUT2D eigenvalue weighted by molar-refractivity contribution is 5.77. The minimum absolute atomic E-state index is 0.541. The average Bonchev–Trinajstić information content (AvgIpc) is 2.42. The van der Waals surface area contributed by atoms with Crippen molar-refractivity contribution < 1.29 is 4.74 Å². The van der Waals surface area contributed by atoms with Gasteiger partial charge in [0, 0.05) is 12.6 Å². The van der Waals surface area contributed by atoms with Crippen molar-refractivity contribution in [1.82, 2.24) is 0 Å². The van der Waals surface area contributed by atoms with Gasteiger partial charge in [0.1, 0.15) is 11.4 Å². The predicted octanol–water partition coefficient (Wildman–Crippen LogP) is 3.87. The zero-order chi connectivity index (χ0) is 12.8. The molecule has 1 aromatic rings. The molecule has 0 aromatic heterocycles. The van der Waals surface area contributed by atoms with E-state index in [1.807, 2.05) is 6.07 Å². The number of ether oxygens (including phenoxy) is 1. The largest absolute Gasteiger partial charge is 0.491 e. The molecule has 0 saturated carbocycles. The fourth-order valence-electron chi connectivity index (χ4n) is 2.29. The Morgan fingerprint density at radius 2 is 2.17 bits per heavy atom. The van der Waals surface area contributed by atoms with E-state index >= 15 is 0 Å². The second kappa shape index (κ2) is 6.53. The van der Waals surface area contributed by atoms with E-state index in [-0.39, 0.29) is 0 Å². The Kier molecular flexibility index (Phi) is 4.73. The fourth-order valence-corrected chi connectivity index (χ4v) is 2.29. The van der Waals surface area contributed by atoms with Crippen LogP contribution < -0.4 is 15.4 Å². The zero-order valence-electron chi connectivity index (χ0n) is 11.5. The standard InChI is InChI=1S/C15H24N2O/c1-3-5-7-12-11-16-15-13(17-12)8-6-9-14(15)18-10-4-2/h6,8-9,12,16-17H,3-5,7,10-11H2,1-2H3. The molecule has 100 valence electrons. The maximum absolute atomic E-state index is 5.77. The number of rotatable bonds is 6. The number of fused-ring (bicyclic) bond motifs is 1. The number of unbranched alkanes of at least 4 members (excludes halogenated alkanes) is 1. The van der Waals surface area contributed by atoms with E-state index in [9.17, 15) is 0 Å². The number of hydrogen-bond donors (Lipinski definition) is 2. The molecule has 0 fully saturated rings. The molecular formula is C15H24N2O. The van der Waals surface area contributed by atoms with Gasteiger partial charge >= 0.3 is 0 Å². The average molecular weight is 248 g/mol. The first-order valence-corrected chi connectivity index (χ1v) is 7.11. The van der Waals surface area contributed by atoms with Crippen LogP contribution in [0.3, 0.4) is 0 Å². The van der Waals surface area contributed by atoms with Gasteiger partial charge in [-0.25, -0.2) is 0 Å². The van der Waals surface area contributed by atoms with Crippen LogP contribution >= 0.6 is 0 Å². The molecule has 1 aliphatic heterocycles. The number of benzene rings is 1. The highest BCUT2D eigenvalue weighted by Gasteiger charge is 2.19. The van der Waals surface area contributed by atoms with Crippen LogP contribution in [0.4, 0.5) is 11.4 Å². The molecule has 0 saturated heterocycles. The van der Waals surface area contributed by atoms with Crippen molar-refractivity contribution in [3.8, 4) is 5.75 Å². The van der Waals surface area contributed by atoms with Gasteiger partial charge in [-0.05, 0) is 25.0 Å². The van der Waals surface area contributed by atoms with Crippen LogP contribution in [0, 0.1) is 0 Å². The molecule has 3 nitrogen and oxygen atoms in total. The van der Waals surface area contributed by atoms with Gasteiger partial charge in [0.25, 0.3) is 0 Å². The van der Waals surface area contributed by atoms with Crippen LogP contribution in [0.2, 0.25) is 0 Å². The number of para-hydroxylation sites is 1. The number of hydrogen-bond acceptors (Lipinski definition) is 3. The first-order valence-electron chi connectivity index (χ1n) is 7.11. The molecule has 2 rings (SSSR count). The van der Waals surface area contributed by atoms with Crippen LogP contribution in [0.15, 0.2) is 18.2 Å². The third kappa shape index (κ3) is 3.09.